The van der Waals surface area contributed by atoms with Gasteiger partial charge in [0.1, 0.15) is 12.7 Å². The number of carbonyl (C=O) groups is 2. The van der Waals surface area contributed by atoms with Gasteiger partial charge in [-0.05, 0) is 136 Å². The summed E-state index contributed by atoms with van der Waals surface area (Å²) in [6.45, 7) is 44.9. The van der Waals surface area contributed by atoms with Crippen molar-refractivity contribution in [2.45, 2.75) is 239 Å². The van der Waals surface area contributed by atoms with Gasteiger partial charge in [-0.25, -0.2) is 8.42 Å². The standard InChI is InChI=1S/C54H101NO6S/c1-21-28-48(7,8)39-50(11,12)31-26-27-32-52(15,16)41-54(19,20)46(57)60-37-44(36-55-34-42(2)62(58,59)43(3)35-55)61-45(56)33-53(17,18)40-51(13,14)30-25-23-22-24-29-49(9,10)38-47(4,5)6/h22-23,26-27,42-44H,21,24-25,28-41H2,1-20H3/b23-22-,27-26-. The molecule has 0 radical (unpaired) electrons. The van der Waals surface area contributed by atoms with Gasteiger partial charge >= 0.3 is 11.9 Å². The summed E-state index contributed by atoms with van der Waals surface area (Å²) in [4.78, 5) is 29.6. The average Bonchev–Trinajstić information content (AvgIpc) is 3.03. The number of carbonyl (C=O) groups excluding carboxylic acids is 2. The number of allylic oxidation sites excluding steroid dienone is 4. The lowest BCUT2D eigenvalue weighted by molar-refractivity contribution is -0.167. The molecule has 0 saturated carbocycles. The Labute approximate surface area is 385 Å². The maximum atomic E-state index is 13.8. The van der Waals surface area contributed by atoms with Crippen LogP contribution in [0.1, 0.15) is 222 Å². The van der Waals surface area contributed by atoms with E-state index in [1.165, 1.54) is 32.1 Å². The third-order valence-corrected chi connectivity index (χ3v) is 15.4. The van der Waals surface area contributed by atoms with Gasteiger partial charge in [-0.15, -0.1) is 0 Å². The van der Waals surface area contributed by atoms with Crippen molar-refractivity contribution in [2.75, 3.05) is 26.2 Å². The number of sulfone groups is 1. The third-order valence-electron chi connectivity index (χ3n) is 12.9. The van der Waals surface area contributed by atoms with Gasteiger partial charge in [0.15, 0.2) is 9.84 Å². The SMILES string of the molecule is CCCC(C)(C)CC(C)(C)C/C=C\CC(C)(C)CC(C)(C)C(=O)OCC(CN1CC(C)S(=O)(=O)C(C)C1)OC(=O)CC(C)(C)CC(C)(C)CC/C=C\CCC(C)(C)CC(C)(C)C. The van der Waals surface area contributed by atoms with Crippen molar-refractivity contribution in [1.29, 1.82) is 0 Å². The molecule has 0 aromatic rings. The topological polar surface area (TPSA) is 90.0 Å². The van der Waals surface area contributed by atoms with Crippen molar-refractivity contribution in [3.05, 3.63) is 24.3 Å². The Balaban J connectivity index is 2.96. The van der Waals surface area contributed by atoms with Gasteiger partial charge in [0.2, 0.25) is 0 Å². The summed E-state index contributed by atoms with van der Waals surface area (Å²) in [5.41, 5.74) is 0.00854. The zero-order chi connectivity index (χ0) is 48.2. The zero-order valence-corrected chi connectivity index (χ0v) is 45.2. The molecule has 1 fully saturated rings. The fraction of sp³-hybridized carbons (Fsp3) is 0.889. The lowest BCUT2D eigenvalue weighted by atomic mass is 9.71. The zero-order valence-electron chi connectivity index (χ0n) is 44.4. The predicted octanol–water partition coefficient (Wildman–Crippen LogP) is 14.4. The molecule has 1 aliphatic heterocycles. The number of rotatable bonds is 27. The number of hydrogen-bond acceptors (Lipinski definition) is 7. The fourth-order valence-corrected chi connectivity index (χ4v) is 13.0. The summed E-state index contributed by atoms with van der Waals surface area (Å²) in [5.74, 6) is -0.637. The van der Waals surface area contributed by atoms with Crippen molar-refractivity contribution in [3.63, 3.8) is 0 Å². The highest BCUT2D eigenvalue weighted by molar-refractivity contribution is 7.92. The van der Waals surface area contributed by atoms with Gasteiger partial charge in [0.05, 0.1) is 22.3 Å². The van der Waals surface area contributed by atoms with E-state index in [-0.39, 0.29) is 46.6 Å². The Kier molecular flexibility index (Phi) is 21.8. The van der Waals surface area contributed by atoms with E-state index in [1.807, 2.05) is 18.7 Å². The number of esters is 2. The van der Waals surface area contributed by atoms with Crippen LogP contribution in [0.4, 0.5) is 0 Å². The van der Waals surface area contributed by atoms with Crippen LogP contribution in [0.3, 0.4) is 0 Å². The summed E-state index contributed by atoms with van der Waals surface area (Å²) >= 11 is 0. The summed E-state index contributed by atoms with van der Waals surface area (Å²) < 4.78 is 37.9. The molecule has 3 unspecified atom stereocenters. The Bertz CT molecular complexity index is 1540. The largest absolute Gasteiger partial charge is 0.461 e. The Morgan fingerprint density at radius 3 is 1.52 bits per heavy atom. The predicted molar refractivity (Wildman–Crippen MR) is 265 cm³/mol. The Morgan fingerprint density at radius 2 is 1.05 bits per heavy atom. The molecule has 1 rings (SSSR count). The highest BCUT2D eigenvalue weighted by atomic mass is 32.2. The van der Waals surface area contributed by atoms with E-state index in [0.29, 0.717) is 42.3 Å². The van der Waals surface area contributed by atoms with E-state index in [4.69, 9.17) is 9.47 Å². The van der Waals surface area contributed by atoms with Gasteiger partial charge in [0, 0.05) is 19.6 Å². The van der Waals surface area contributed by atoms with Crippen LogP contribution in [0.2, 0.25) is 0 Å². The summed E-state index contributed by atoms with van der Waals surface area (Å²) in [7, 11) is -3.23. The lowest BCUT2D eigenvalue weighted by Crippen LogP contribution is -2.53. The van der Waals surface area contributed by atoms with Crippen LogP contribution in [0.25, 0.3) is 0 Å². The molecule has 0 aromatic heterocycles. The Morgan fingerprint density at radius 1 is 0.613 bits per heavy atom. The van der Waals surface area contributed by atoms with Gasteiger partial charge in [-0.1, -0.05) is 142 Å². The fourth-order valence-electron chi connectivity index (χ4n) is 11.4. The molecule has 0 aromatic carbocycles. The minimum absolute atomic E-state index is 0.0251. The molecule has 1 saturated heterocycles. The molecule has 0 bridgehead atoms. The summed E-state index contributed by atoms with van der Waals surface area (Å²) in [6, 6.07) is 0. The molecule has 3 atom stereocenters. The van der Waals surface area contributed by atoms with Crippen LogP contribution in [0.5, 0.6) is 0 Å². The first-order valence-corrected chi connectivity index (χ1v) is 26.1. The molecule has 364 valence electrons. The molecule has 0 N–H and O–H groups in total. The third kappa shape index (κ3) is 23.5. The average molecular weight is 892 g/mol. The normalized spacial score (nSPS) is 19.6. The second kappa shape index (κ2) is 23.2. The number of hydrogen-bond donors (Lipinski definition) is 0. The molecule has 7 nitrogen and oxygen atoms in total. The van der Waals surface area contributed by atoms with E-state index in [1.54, 1.807) is 13.8 Å². The smallest absolute Gasteiger partial charge is 0.311 e. The molecule has 0 spiro atoms. The van der Waals surface area contributed by atoms with E-state index in [9.17, 15) is 18.0 Å². The summed E-state index contributed by atoms with van der Waals surface area (Å²) in [6.07, 6.45) is 21.3. The molecule has 0 aliphatic carbocycles. The van der Waals surface area contributed by atoms with Crippen LogP contribution in [-0.4, -0.2) is 68.1 Å². The highest BCUT2D eigenvalue weighted by Crippen LogP contribution is 2.42. The number of nitrogens with zero attached hydrogens (tertiary/aromatic N) is 1. The molecule has 8 heteroatoms. The van der Waals surface area contributed by atoms with Crippen molar-refractivity contribution in [1.82, 2.24) is 4.90 Å². The Hall–Kier alpha value is -1.67. The van der Waals surface area contributed by atoms with Crippen molar-refractivity contribution < 1.29 is 27.5 Å². The van der Waals surface area contributed by atoms with Crippen LogP contribution in [0, 0.1) is 43.3 Å². The van der Waals surface area contributed by atoms with E-state index in [0.717, 1.165) is 38.5 Å². The molecule has 1 aliphatic rings. The van der Waals surface area contributed by atoms with E-state index >= 15 is 0 Å². The first kappa shape index (κ1) is 58.3. The number of ether oxygens (including phenoxy) is 2. The maximum Gasteiger partial charge on any atom is 0.311 e. The second-order valence-corrected chi connectivity index (χ2v) is 29.4. The van der Waals surface area contributed by atoms with Gasteiger partial charge in [0.25, 0.3) is 0 Å². The maximum absolute atomic E-state index is 13.8. The quantitative estimate of drug-likeness (QED) is 0.0599. The molecule has 1 heterocycles. The monoisotopic (exact) mass is 892 g/mol. The second-order valence-electron chi connectivity index (χ2n) is 26.6. The summed E-state index contributed by atoms with van der Waals surface area (Å²) in [5, 5.41) is -1.06. The minimum atomic E-state index is -3.23. The first-order valence-electron chi connectivity index (χ1n) is 24.4. The van der Waals surface area contributed by atoms with Crippen molar-refractivity contribution in [3.8, 4) is 0 Å². The minimum Gasteiger partial charge on any atom is -0.461 e. The van der Waals surface area contributed by atoms with Gasteiger partial charge in [-0.3, -0.25) is 14.5 Å². The molecular formula is C54H101NO6S. The van der Waals surface area contributed by atoms with Crippen LogP contribution in [-0.2, 0) is 28.9 Å². The van der Waals surface area contributed by atoms with Gasteiger partial charge < -0.3 is 9.47 Å². The molecular weight excluding hydrogens is 791 g/mol. The molecule has 62 heavy (non-hydrogen) atoms. The first-order chi connectivity index (χ1) is 27.8. The highest BCUT2D eigenvalue weighted by Gasteiger charge is 2.40. The van der Waals surface area contributed by atoms with Gasteiger partial charge in [-0.2, -0.15) is 0 Å². The van der Waals surface area contributed by atoms with Crippen LogP contribution in [0.15, 0.2) is 24.3 Å². The van der Waals surface area contributed by atoms with Crippen LogP contribution < -0.4 is 0 Å². The lowest BCUT2D eigenvalue weighted by Gasteiger charge is -2.37. The van der Waals surface area contributed by atoms with Crippen molar-refractivity contribution in [2.24, 2.45) is 43.3 Å². The van der Waals surface area contributed by atoms with Crippen LogP contribution >= 0.6 is 0 Å². The molecule has 0 amide bonds. The van der Waals surface area contributed by atoms with E-state index in [2.05, 4.69) is 135 Å². The van der Waals surface area contributed by atoms with Crippen molar-refractivity contribution >= 4 is 21.8 Å². The van der Waals surface area contributed by atoms with E-state index < -0.39 is 31.9 Å².